The lowest BCUT2D eigenvalue weighted by Crippen LogP contribution is -2.05. The third kappa shape index (κ3) is 11.5. The summed E-state index contributed by atoms with van der Waals surface area (Å²) in [6, 6.07) is 8.47. The summed E-state index contributed by atoms with van der Waals surface area (Å²) >= 11 is 0. The van der Waals surface area contributed by atoms with Crippen molar-refractivity contribution in [3.8, 4) is 5.75 Å². The predicted molar refractivity (Wildman–Crippen MR) is 120 cm³/mol. The Labute approximate surface area is 173 Å². The van der Waals surface area contributed by atoms with Crippen molar-refractivity contribution in [1.29, 1.82) is 0 Å². The molecule has 1 aromatic carbocycles. The topological polar surface area (TPSA) is 21.8 Å². The molecule has 1 aliphatic rings. The third-order valence-electron chi connectivity index (χ3n) is 5.51. The Morgan fingerprint density at radius 3 is 2.14 bits per heavy atom. The number of rotatable bonds is 18. The van der Waals surface area contributed by atoms with Crippen LogP contribution in [0.25, 0.3) is 0 Å². The zero-order valence-corrected chi connectivity index (χ0v) is 18.2. The van der Waals surface area contributed by atoms with E-state index in [4.69, 9.17) is 9.47 Å². The molecule has 1 fully saturated rings. The van der Waals surface area contributed by atoms with Crippen LogP contribution in [0, 0.1) is 0 Å². The average Bonchev–Trinajstić information content (AvgIpc) is 3.54. The summed E-state index contributed by atoms with van der Waals surface area (Å²) in [5.74, 6) is 1.05. The van der Waals surface area contributed by atoms with E-state index < -0.39 is 0 Å². The van der Waals surface area contributed by atoms with E-state index in [9.17, 15) is 0 Å². The van der Waals surface area contributed by atoms with Gasteiger partial charge in [0.05, 0.1) is 6.61 Å². The molecule has 2 nitrogen and oxygen atoms in total. The number of para-hydroxylation sites is 1. The lowest BCUT2D eigenvalue weighted by molar-refractivity contribution is 0.261. The largest absolute Gasteiger partial charge is 0.491 e. The molecule has 2 rings (SSSR count). The third-order valence-corrected chi connectivity index (χ3v) is 5.51. The summed E-state index contributed by atoms with van der Waals surface area (Å²) in [6.45, 7) is 3.84. The predicted octanol–water partition coefficient (Wildman–Crippen LogP) is 7.65. The first kappa shape index (κ1) is 23.0. The molecule has 1 atom stereocenters. The van der Waals surface area contributed by atoms with Crippen molar-refractivity contribution >= 4 is 0 Å². The summed E-state index contributed by atoms with van der Waals surface area (Å²) in [5.41, 5.74) is 1.35. The van der Waals surface area contributed by atoms with Gasteiger partial charge >= 0.3 is 0 Å². The molecule has 1 heterocycles. The maximum absolute atomic E-state index is 5.90. The SMILES string of the molecule is CCCCCCCCC/C=C/CCCCCCc1ccccc1OCC1CO1. The summed E-state index contributed by atoms with van der Waals surface area (Å²) in [6.07, 6.45) is 23.8. The zero-order chi connectivity index (χ0) is 19.7. The van der Waals surface area contributed by atoms with Gasteiger partial charge in [0, 0.05) is 0 Å². The van der Waals surface area contributed by atoms with E-state index in [0.29, 0.717) is 12.7 Å². The van der Waals surface area contributed by atoms with Crippen LogP contribution in [0.15, 0.2) is 36.4 Å². The normalized spacial score (nSPS) is 16.0. The number of aryl methyl sites for hydroxylation is 1. The van der Waals surface area contributed by atoms with Crippen LogP contribution >= 0.6 is 0 Å². The highest BCUT2D eigenvalue weighted by atomic mass is 16.6. The van der Waals surface area contributed by atoms with Gasteiger partial charge in [-0.2, -0.15) is 0 Å². The summed E-state index contributed by atoms with van der Waals surface area (Å²) in [5, 5.41) is 0. The molecule has 158 valence electrons. The number of ether oxygens (including phenoxy) is 2. The molecule has 1 saturated heterocycles. The molecule has 0 amide bonds. The number of hydrogen-bond acceptors (Lipinski definition) is 2. The first-order valence-corrected chi connectivity index (χ1v) is 11.9. The van der Waals surface area contributed by atoms with Crippen LogP contribution in [0.5, 0.6) is 5.75 Å². The second-order valence-electron chi connectivity index (χ2n) is 8.21. The first-order chi connectivity index (χ1) is 13.9. The summed E-state index contributed by atoms with van der Waals surface area (Å²) in [7, 11) is 0. The van der Waals surface area contributed by atoms with E-state index in [1.807, 2.05) is 0 Å². The van der Waals surface area contributed by atoms with Crippen molar-refractivity contribution in [2.75, 3.05) is 13.2 Å². The minimum Gasteiger partial charge on any atom is -0.491 e. The summed E-state index contributed by atoms with van der Waals surface area (Å²) in [4.78, 5) is 0. The molecule has 0 spiro atoms. The monoisotopic (exact) mass is 386 g/mol. The van der Waals surface area contributed by atoms with Gasteiger partial charge in [0.15, 0.2) is 0 Å². The minimum absolute atomic E-state index is 0.326. The van der Waals surface area contributed by atoms with Crippen molar-refractivity contribution in [3.05, 3.63) is 42.0 Å². The average molecular weight is 387 g/mol. The fourth-order valence-electron chi connectivity index (χ4n) is 3.58. The van der Waals surface area contributed by atoms with Crippen LogP contribution < -0.4 is 4.74 Å². The highest BCUT2D eigenvalue weighted by Gasteiger charge is 2.23. The minimum atomic E-state index is 0.326. The Hall–Kier alpha value is -1.28. The lowest BCUT2D eigenvalue weighted by Gasteiger charge is -2.10. The van der Waals surface area contributed by atoms with Crippen molar-refractivity contribution in [2.24, 2.45) is 0 Å². The Kier molecular flexibility index (Phi) is 12.8. The summed E-state index contributed by atoms with van der Waals surface area (Å²) < 4.78 is 11.1. The Balaban J connectivity index is 1.40. The fraction of sp³-hybridized carbons (Fsp3) is 0.692. The number of benzene rings is 1. The van der Waals surface area contributed by atoms with Gasteiger partial charge < -0.3 is 9.47 Å². The molecular formula is C26H42O2. The second kappa shape index (κ2) is 15.6. The maximum Gasteiger partial charge on any atom is 0.122 e. The van der Waals surface area contributed by atoms with Crippen LogP contribution in [0.1, 0.15) is 96.0 Å². The molecule has 28 heavy (non-hydrogen) atoms. The van der Waals surface area contributed by atoms with Crippen molar-refractivity contribution in [3.63, 3.8) is 0 Å². The highest BCUT2D eigenvalue weighted by molar-refractivity contribution is 5.33. The van der Waals surface area contributed by atoms with Crippen LogP contribution in [0.4, 0.5) is 0 Å². The van der Waals surface area contributed by atoms with E-state index in [1.54, 1.807) is 0 Å². The van der Waals surface area contributed by atoms with Crippen molar-refractivity contribution in [2.45, 2.75) is 103 Å². The van der Waals surface area contributed by atoms with Crippen LogP contribution in [-0.2, 0) is 11.2 Å². The molecule has 0 bridgehead atoms. The van der Waals surface area contributed by atoms with Gasteiger partial charge in [0.2, 0.25) is 0 Å². The van der Waals surface area contributed by atoms with Crippen LogP contribution in [-0.4, -0.2) is 19.3 Å². The highest BCUT2D eigenvalue weighted by Crippen LogP contribution is 2.22. The molecule has 0 aliphatic carbocycles. The number of hydrogen-bond donors (Lipinski definition) is 0. The Bertz CT molecular complexity index is 519. The van der Waals surface area contributed by atoms with Gasteiger partial charge in [-0.15, -0.1) is 0 Å². The van der Waals surface area contributed by atoms with E-state index >= 15 is 0 Å². The van der Waals surface area contributed by atoms with E-state index in [0.717, 1.165) is 18.8 Å². The number of unbranched alkanes of at least 4 members (excludes halogenated alkanes) is 11. The van der Waals surface area contributed by atoms with Gasteiger partial charge in [-0.3, -0.25) is 0 Å². The first-order valence-electron chi connectivity index (χ1n) is 11.9. The molecular weight excluding hydrogens is 344 g/mol. The maximum atomic E-state index is 5.90. The van der Waals surface area contributed by atoms with Crippen molar-refractivity contribution in [1.82, 2.24) is 0 Å². The van der Waals surface area contributed by atoms with E-state index in [1.165, 1.54) is 89.0 Å². The number of allylic oxidation sites excluding steroid dienone is 2. The van der Waals surface area contributed by atoms with Gasteiger partial charge in [-0.1, -0.05) is 88.6 Å². The van der Waals surface area contributed by atoms with E-state index in [2.05, 4.69) is 43.3 Å². The smallest absolute Gasteiger partial charge is 0.122 e. The second-order valence-corrected chi connectivity index (χ2v) is 8.21. The molecule has 1 unspecified atom stereocenters. The molecule has 0 N–H and O–H groups in total. The van der Waals surface area contributed by atoms with Crippen LogP contribution in [0.2, 0.25) is 0 Å². The Morgan fingerprint density at radius 1 is 0.857 bits per heavy atom. The van der Waals surface area contributed by atoms with Gasteiger partial charge in [-0.05, 0) is 50.2 Å². The lowest BCUT2D eigenvalue weighted by atomic mass is 10.0. The van der Waals surface area contributed by atoms with Crippen molar-refractivity contribution < 1.29 is 9.47 Å². The Morgan fingerprint density at radius 2 is 1.46 bits per heavy atom. The molecule has 0 radical (unpaired) electrons. The molecule has 0 saturated carbocycles. The van der Waals surface area contributed by atoms with Crippen LogP contribution in [0.3, 0.4) is 0 Å². The number of epoxide rings is 1. The molecule has 1 aliphatic heterocycles. The fourth-order valence-corrected chi connectivity index (χ4v) is 3.58. The van der Waals surface area contributed by atoms with Gasteiger partial charge in [0.25, 0.3) is 0 Å². The van der Waals surface area contributed by atoms with Gasteiger partial charge in [0.1, 0.15) is 18.5 Å². The zero-order valence-electron chi connectivity index (χ0n) is 18.2. The van der Waals surface area contributed by atoms with E-state index in [-0.39, 0.29) is 0 Å². The molecule has 1 aromatic rings. The molecule has 0 aromatic heterocycles. The standard InChI is InChI=1S/C26H42O2/c1-2-3-4-5-6-7-8-9-10-11-12-13-14-15-16-19-24-20-17-18-21-26(24)28-23-25-22-27-25/h10-11,17-18,20-21,25H,2-9,12-16,19,22-23H2,1H3/b11-10+. The molecule has 2 heteroatoms. The quantitative estimate of drug-likeness (QED) is 0.147. The van der Waals surface area contributed by atoms with Gasteiger partial charge in [-0.25, -0.2) is 0 Å².